The zero-order valence-corrected chi connectivity index (χ0v) is 12.5. The van der Waals surface area contributed by atoms with Crippen LogP contribution in [0.15, 0.2) is 28.8 Å². The molecule has 1 heterocycles. The molecule has 0 aliphatic heterocycles. The Morgan fingerprint density at radius 1 is 1.36 bits per heavy atom. The third-order valence-electron chi connectivity index (χ3n) is 3.40. The van der Waals surface area contributed by atoms with E-state index in [4.69, 9.17) is 9.26 Å². The Morgan fingerprint density at radius 2 is 2.14 bits per heavy atom. The lowest BCUT2D eigenvalue weighted by atomic mass is 10.2. The van der Waals surface area contributed by atoms with Crippen molar-refractivity contribution in [3.05, 3.63) is 30.2 Å². The summed E-state index contributed by atoms with van der Waals surface area (Å²) in [6, 6.07) is 7.91. The second-order valence-corrected chi connectivity index (χ2v) is 5.31. The summed E-state index contributed by atoms with van der Waals surface area (Å²) >= 11 is 0. The van der Waals surface area contributed by atoms with Gasteiger partial charge < -0.3 is 14.6 Å². The highest BCUT2D eigenvalue weighted by atomic mass is 16.5. The number of amides is 1. The van der Waals surface area contributed by atoms with E-state index in [1.807, 2.05) is 31.2 Å². The minimum atomic E-state index is 0.0447. The predicted octanol–water partition coefficient (Wildman–Crippen LogP) is 2.35. The van der Waals surface area contributed by atoms with Crippen LogP contribution in [-0.2, 0) is 11.2 Å². The third-order valence-corrected chi connectivity index (χ3v) is 3.40. The van der Waals surface area contributed by atoms with Gasteiger partial charge in [-0.2, -0.15) is 4.98 Å². The molecule has 1 aliphatic carbocycles. The Balaban J connectivity index is 1.56. The molecule has 1 N–H and O–H groups in total. The first-order valence-electron chi connectivity index (χ1n) is 7.60. The predicted molar refractivity (Wildman–Crippen MR) is 80.4 cm³/mol. The van der Waals surface area contributed by atoms with Crippen molar-refractivity contribution in [2.75, 3.05) is 6.61 Å². The summed E-state index contributed by atoms with van der Waals surface area (Å²) in [5, 5.41) is 6.89. The van der Waals surface area contributed by atoms with Gasteiger partial charge in [0.1, 0.15) is 5.75 Å². The number of rotatable bonds is 7. The fourth-order valence-electron chi connectivity index (χ4n) is 2.09. The minimum absolute atomic E-state index is 0.0447. The van der Waals surface area contributed by atoms with Crippen molar-refractivity contribution in [2.24, 2.45) is 0 Å². The summed E-state index contributed by atoms with van der Waals surface area (Å²) in [6.07, 6.45) is 3.02. The molecule has 3 rings (SSSR count). The Hall–Kier alpha value is -2.37. The monoisotopic (exact) mass is 301 g/mol. The smallest absolute Gasteiger partial charge is 0.227 e. The van der Waals surface area contributed by atoms with Crippen molar-refractivity contribution in [3.63, 3.8) is 0 Å². The van der Waals surface area contributed by atoms with Crippen molar-refractivity contribution in [1.82, 2.24) is 15.5 Å². The van der Waals surface area contributed by atoms with Crippen molar-refractivity contribution in [3.8, 4) is 17.1 Å². The lowest BCUT2D eigenvalue weighted by molar-refractivity contribution is -0.121. The van der Waals surface area contributed by atoms with Gasteiger partial charge in [0.25, 0.3) is 0 Å². The van der Waals surface area contributed by atoms with Gasteiger partial charge in [0.15, 0.2) is 0 Å². The number of hydrogen-bond acceptors (Lipinski definition) is 5. The van der Waals surface area contributed by atoms with Crippen LogP contribution in [0.1, 0.15) is 32.1 Å². The van der Waals surface area contributed by atoms with E-state index in [-0.39, 0.29) is 5.91 Å². The molecular formula is C16H19N3O3. The highest BCUT2D eigenvalue weighted by Crippen LogP contribution is 2.21. The molecule has 1 fully saturated rings. The number of ether oxygens (including phenoxy) is 1. The second kappa shape index (κ2) is 6.60. The zero-order chi connectivity index (χ0) is 15.4. The van der Waals surface area contributed by atoms with Crippen LogP contribution in [0, 0.1) is 0 Å². The van der Waals surface area contributed by atoms with E-state index >= 15 is 0 Å². The fourth-order valence-corrected chi connectivity index (χ4v) is 2.09. The molecule has 1 amide bonds. The topological polar surface area (TPSA) is 77.2 Å². The summed E-state index contributed by atoms with van der Waals surface area (Å²) in [4.78, 5) is 16.0. The van der Waals surface area contributed by atoms with Gasteiger partial charge in [-0.1, -0.05) is 5.16 Å². The quantitative estimate of drug-likeness (QED) is 0.849. The van der Waals surface area contributed by atoms with Gasteiger partial charge in [-0.05, 0) is 44.0 Å². The number of aryl methyl sites for hydroxylation is 1. The molecule has 116 valence electrons. The maximum absolute atomic E-state index is 11.6. The minimum Gasteiger partial charge on any atom is -0.494 e. The van der Waals surface area contributed by atoms with Crippen LogP contribution in [0.5, 0.6) is 5.75 Å². The number of nitrogens with zero attached hydrogens (tertiary/aromatic N) is 2. The molecule has 0 bridgehead atoms. The largest absolute Gasteiger partial charge is 0.494 e. The fraction of sp³-hybridized carbons (Fsp3) is 0.438. The SMILES string of the molecule is CCOc1ccc(-c2noc(CCC(=O)NC3CC3)n2)cc1. The second-order valence-electron chi connectivity index (χ2n) is 5.31. The van der Waals surface area contributed by atoms with Gasteiger partial charge in [-0.25, -0.2) is 0 Å². The molecular weight excluding hydrogens is 282 g/mol. The molecule has 6 nitrogen and oxygen atoms in total. The summed E-state index contributed by atoms with van der Waals surface area (Å²) < 4.78 is 10.6. The van der Waals surface area contributed by atoms with Crippen molar-refractivity contribution in [2.45, 2.75) is 38.6 Å². The molecule has 0 unspecified atom stereocenters. The zero-order valence-electron chi connectivity index (χ0n) is 12.5. The Kier molecular flexibility index (Phi) is 4.37. The first-order valence-corrected chi connectivity index (χ1v) is 7.60. The van der Waals surface area contributed by atoms with E-state index in [0.717, 1.165) is 24.2 Å². The Labute approximate surface area is 128 Å². The summed E-state index contributed by atoms with van der Waals surface area (Å²) in [5.41, 5.74) is 0.862. The van der Waals surface area contributed by atoms with Crippen LogP contribution >= 0.6 is 0 Å². The van der Waals surface area contributed by atoms with Crippen LogP contribution in [-0.4, -0.2) is 28.7 Å². The lowest BCUT2D eigenvalue weighted by Crippen LogP contribution is -2.25. The van der Waals surface area contributed by atoms with Gasteiger partial charge in [-0.15, -0.1) is 0 Å². The number of carbonyl (C=O) groups is 1. The molecule has 0 saturated heterocycles. The van der Waals surface area contributed by atoms with Crippen LogP contribution < -0.4 is 10.1 Å². The molecule has 1 aromatic carbocycles. The highest BCUT2D eigenvalue weighted by Gasteiger charge is 2.23. The number of aromatic nitrogens is 2. The van der Waals surface area contributed by atoms with Crippen LogP contribution in [0.4, 0.5) is 0 Å². The maximum Gasteiger partial charge on any atom is 0.227 e. The highest BCUT2D eigenvalue weighted by molar-refractivity contribution is 5.76. The molecule has 0 atom stereocenters. The van der Waals surface area contributed by atoms with Crippen LogP contribution in [0.25, 0.3) is 11.4 Å². The first kappa shape index (κ1) is 14.6. The number of hydrogen-bond donors (Lipinski definition) is 1. The van der Waals surface area contributed by atoms with E-state index in [1.54, 1.807) is 0 Å². The average Bonchev–Trinajstić information content (AvgIpc) is 3.21. The number of carbonyl (C=O) groups excluding carboxylic acids is 1. The lowest BCUT2D eigenvalue weighted by Gasteiger charge is -2.02. The van der Waals surface area contributed by atoms with Gasteiger partial charge in [0.05, 0.1) is 6.61 Å². The van der Waals surface area contributed by atoms with Crippen molar-refractivity contribution >= 4 is 5.91 Å². The van der Waals surface area contributed by atoms with Gasteiger partial charge in [0, 0.05) is 24.4 Å². The normalized spacial score (nSPS) is 13.9. The number of nitrogens with one attached hydrogen (secondary N) is 1. The van der Waals surface area contributed by atoms with E-state index in [9.17, 15) is 4.79 Å². The number of benzene rings is 1. The van der Waals surface area contributed by atoms with Gasteiger partial charge in [-0.3, -0.25) is 4.79 Å². The molecule has 1 aromatic heterocycles. The summed E-state index contributed by atoms with van der Waals surface area (Å²) in [6.45, 7) is 2.58. The van der Waals surface area contributed by atoms with E-state index in [1.165, 1.54) is 0 Å². The summed E-state index contributed by atoms with van der Waals surface area (Å²) in [5.74, 6) is 1.87. The molecule has 0 radical (unpaired) electrons. The molecule has 1 aliphatic rings. The third kappa shape index (κ3) is 3.84. The molecule has 0 spiro atoms. The Morgan fingerprint density at radius 3 is 2.82 bits per heavy atom. The van der Waals surface area contributed by atoms with Crippen LogP contribution in [0.2, 0.25) is 0 Å². The molecule has 6 heteroatoms. The van der Waals surface area contributed by atoms with Gasteiger partial charge >= 0.3 is 0 Å². The van der Waals surface area contributed by atoms with Crippen LogP contribution in [0.3, 0.4) is 0 Å². The molecule has 2 aromatic rings. The first-order chi connectivity index (χ1) is 10.7. The molecule has 1 saturated carbocycles. The average molecular weight is 301 g/mol. The summed E-state index contributed by atoms with van der Waals surface area (Å²) in [7, 11) is 0. The van der Waals surface area contributed by atoms with E-state index in [0.29, 0.717) is 37.2 Å². The maximum atomic E-state index is 11.6. The Bertz CT molecular complexity index is 632. The van der Waals surface area contributed by atoms with Crippen molar-refractivity contribution < 1.29 is 14.1 Å². The van der Waals surface area contributed by atoms with Crippen molar-refractivity contribution in [1.29, 1.82) is 0 Å². The van der Waals surface area contributed by atoms with Gasteiger partial charge in [0.2, 0.25) is 17.6 Å². The van der Waals surface area contributed by atoms with E-state index < -0.39 is 0 Å². The molecule has 22 heavy (non-hydrogen) atoms. The standard InChI is InChI=1S/C16H19N3O3/c1-2-21-13-7-3-11(4-8-13)16-18-15(22-19-16)10-9-14(20)17-12-5-6-12/h3-4,7-8,12H,2,5-6,9-10H2,1H3,(H,17,20). The van der Waals surface area contributed by atoms with E-state index in [2.05, 4.69) is 15.5 Å².